The zero-order chi connectivity index (χ0) is 16.8. The molecule has 0 aliphatic carbocycles. The second-order valence-corrected chi connectivity index (χ2v) is 4.62. The number of nitrogens with zero attached hydrogens (tertiary/aromatic N) is 1. The van der Waals surface area contributed by atoms with Crippen molar-refractivity contribution in [2.75, 3.05) is 5.32 Å². The molecule has 2 N–H and O–H groups in total. The van der Waals surface area contributed by atoms with Gasteiger partial charge < -0.3 is 9.73 Å². The summed E-state index contributed by atoms with van der Waals surface area (Å²) in [4.78, 5) is 21.6. The Labute approximate surface area is 134 Å². The third-order valence-electron chi connectivity index (χ3n) is 2.59. The Balaban J connectivity index is 1.98. The van der Waals surface area contributed by atoms with Crippen LogP contribution in [-0.2, 0) is 4.79 Å². The number of halogens is 1. The maximum Gasteiger partial charge on any atom is 0.271 e. The van der Waals surface area contributed by atoms with Crippen molar-refractivity contribution in [2.45, 2.75) is 0 Å². The van der Waals surface area contributed by atoms with Crippen LogP contribution < -0.4 is 10.6 Å². The van der Waals surface area contributed by atoms with Crippen molar-refractivity contribution < 1.29 is 18.5 Å². The van der Waals surface area contributed by atoms with E-state index in [1.165, 1.54) is 18.4 Å². The van der Waals surface area contributed by atoms with Crippen molar-refractivity contribution in [3.8, 4) is 0 Å². The van der Waals surface area contributed by atoms with Gasteiger partial charge in [0.05, 0.1) is 16.9 Å². The normalized spacial score (nSPS) is 10.5. The van der Waals surface area contributed by atoms with E-state index in [1.54, 1.807) is 12.1 Å². The molecule has 1 aromatic heterocycles. The lowest BCUT2D eigenvalue weighted by Gasteiger charge is -2.08. The van der Waals surface area contributed by atoms with Gasteiger partial charge in [-0.1, -0.05) is 0 Å². The minimum absolute atomic E-state index is 0.196. The van der Waals surface area contributed by atoms with Crippen LogP contribution in [-0.4, -0.2) is 15.9 Å². The molecule has 0 fully saturated rings. The van der Waals surface area contributed by atoms with Crippen LogP contribution in [0.15, 0.2) is 47.1 Å². The lowest BCUT2D eigenvalue weighted by molar-refractivity contribution is -0.384. The molecule has 118 valence electrons. The first-order chi connectivity index (χ1) is 11.0. The molecule has 2 aromatic rings. The third-order valence-corrected chi connectivity index (χ3v) is 2.79. The number of carbonyl (C=O) groups excluding carboxylic acids is 1. The van der Waals surface area contributed by atoms with Crippen LogP contribution in [0, 0.1) is 15.9 Å². The Bertz CT molecular complexity index is 774. The first-order valence-electron chi connectivity index (χ1n) is 6.23. The molecule has 0 saturated carbocycles. The summed E-state index contributed by atoms with van der Waals surface area (Å²) in [6, 6.07) is 6.25. The van der Waals surface area contributed by atoms with Gasteiger partial charge in [0.1, 0.15) is 11.6 Å². The van der Waals surface area contributed by atoms with E-state index in [1.807, 2.05) is 0 Å². The van der Waals surface area contributed by atoms with Gasteiger partial charge in [0, 0.05) is 18.2 Å². The molecule has 2 rings (SSSR count). The summed E-state index contributed by atoms with van der Waals surface area (Å²) in [5, 5.41) is 15.1. The summed E-state index contributed by atoms with van der Waals surface area (Å²) in [5.41, 5.74) is -0.514. The number of rotatable bonds is 4. The summed E-state index contributed by atoms with van der Waals surface area (Å²) in [7, 11) is 0. The van der Waals surface area contributed by atoms with Gasteiger partial charge >= 0.3 is 0 Å². The summed E-state index contributed by atoms with van der Waals surface area (Å²) >= 11 is 4.86. The van der Waals surface area contributed by atoms with Crippen LogP contribution in [0.3, 0.4) is 0 Å². The quantitative estimate of drug-likeness (QED) is 0.386. The number of nitro benzene ring substituents is 1. The second kappa shape index (κ2) is 7.27. The van der Waals surface area contributed by atoms with E-state index >= 15 is 0 Å². The van der Waals surface area contributed by atoms with E-state index in [2.05, 4.69) is 10.6 Å². The Hall–Kier alpha value is -3.07. The van der Waals surface area contributed by atoms with Crippen LogP contribution in [0.4, 0.5) is 15.8 Å². The molecule has 7 nitrogen and oxygen atoms in total. The molecule has 1 amide bonds. The van der Waals surface area contributed by atoms with Crippen molar-refractivity contribution in [2.24, 2.45) is 0 Å². The van der Waals surface area contributed by atoms with Crippen molar-refractivity contribution in [3.63, 3.8) is 0 Å². The molecule has 9 heteroatoms. The van der Waals surface area contributed by atoms with E-state index in [4.69, 9.17) is 16.6 Å². The number of non-ortho nitro benzene ring substituents is 1. The fourth-order valence-corrected chi connectivity index (χ4v) is 1.78. The number of thiocarbonyl (C=S) groups is 1. The number of hydrogen-bond donors (Lipinski definition) is 2. The predicted molar refractivity (Wildman–Crippen MR) is 85.2 cm³/mol. The number of hydrogen-bond acceptors (Lipinski definition) is 5. The first-order valence-corrected chi connectivity index (χ1v) is 6.64. The highest BCUT2D eigenvalue weighted by Crippen LogP contribution is 2.21. The van der Waals surface area contributed by atoms with Gasteiger partial charge in [-0.15, -0.1) is 0 Å². The number of benzene rings is 1. The summed E-state index contributed by atoms with van der Waals surface area (Å²) < 4.78 is 18.6. The van der Waals surface area contributed by atoms with Gasteiger partial charge in [0.15, 0.2) is 5.11 Å². The van der Waals surface area contributed by atoms with E-state index in [9.17, 15) is 19.3 Å². The second-order valence-electron chi connectivity index (χ2n) is 4.21. The fourth-order valence-electron chi connectivity index (χ4n) is 1.57. The fraction of sp³-hybridized carbons (Fsp3) is 0. The van der Waals surface area contributed by atoms with Crippen LogP contribution in [0.25, 0.3) is 6.08 Å². The van der Waals surface area contributed by atoms with E-state index in [-0.39, 0.29) is 16.5 Å². The maximum atomic E-state index is 13.6. The molecule has 0 aliphatic heterocycles. The number of furan rings is 1. The predicted octanol–water partition coefficient (Wildman–Crippen LogP) is 2.85. The molecule has 1 aromatic carbocycles. The van der Waals surface area contributed by atoms with Crippen molar-refractivity contribution in [3.05, 3.63) is 64.4 Å². The average Bonchev–Trinajstić information content (AvgIpc) is 3.00. The molecular weight excluding hydrogens is 325 g/mol. The highest BCUT2D eigenvalue weighted by atomic mass is 32.1. The van der Waals surface area contributed by atoms with Crippen molar-refractivity contribution in [1.29, 1.82) is 0 Å². The molecule has 0 atom stereocenters. The summed E-state index contributed by atoms with van der Waals surface area (Å²) in [5.74, 6) is -0.827. The Morgan fingerprint density at radius 1 is 1.39 bits per heavy atom. The van der Waals surface area contributed by atoms with Gasteiger partial charge in [-0.2, -0.15) is 0 Å². The van der Waals surface area contributed by atoms with E-state index < -0.39 is 16.6 Å². The lowest BCUT2D eigenvalue weighted by atomic mass is 10.2. The smallest absolute Gasteiger partial charge is 0.271 e. The monoisotopic (exact) mass is 335 g/mol. The Kier molecular flexibility index (Phi) is 5.15. The molecule has 0 radical (unpaired) electrons. The van der Waals surface area contributed by atoms with Crippen molar-refractivity contribution >= 4 is 40.7 Å². The minimum Gasteiger partial charge on any atom is -0.465 e. The van der Waals surface area contributed by atoms with Gasteiger partial charge in [0.25, 0.3) is 5.69 Å². The van der Waals surface area contributed by atoms with Gasteiger partial charge in [-0.05, 0) is 36.5 Å². The minimum atomic E-state index is -0.738. The molecule has 1 heterocycles. The van der Waals surface area contributed by atoms with Crippen molar-refractivity contribution in [1.82, 2.24) is 5.32 Å². The van der Waals surface area contributed by atoms with Crippen LogP contribution in [0.2, 0.25) is 0 Å². The number of carbonyl (C=O) groups is 1. The zero-order valence-electron chi connectivity index (χ0n) is 11.5. The number of nitrogens with one attached hydrogen (secondary N) is 2. The molecule has 0 aliphatic rings. The highest BCUT2D eigenvalue weighted by Gasteiger charge is 2.12. The number of amides is 1. The van der Waals surface area contributed by atoms with Gasteiger partial charge in [-0.3, -0.25) is 20.2 Å². The Morgan fingerprint density at radius 2 is 2.17 bits per heavy atom. The van der Waals surface area contributed by atoms with E-state index in [0.717, 1.165) is 18.2 Å². The average molecular weight is 335 g/mol. The molecule has 0 bridgehead atoms. The molecule has 0 spiro atoms. The topological polar surface area (TPSA) is 97.4 Å². The SMILES string of the molecule is O=C(/C=C/c1ccco1)NC(=S)Nc1cc([N+](=O)[O-])ccc1F. The van der Waals surface area contributed by atoms with Crippen LogP contribution >= 0.6 is 12.2 Å². The van der Waals surface area contributed by atoms with Gasteiger partial charge in [0.2, 0.25) is 5.91 Å². The largest absolute Gasteiger partial charge is 0.465 e. The van der Waals surface area contributed by atoms with Crippen LogP contribution in [0.5, 0.6) is 0 Å². The maximum absolute atomic E-state index is 13.6. The lowest BCUT2D eigenvalue weighted by Crippen LogP contribution is -2.33. The Morgan fingerprint density at radius 3 is 2.83 bits per heavy atom. The summed E-state index contributed by atoms with van der Waals surface area (Å²) in [6.07, 6.45) is 4.05. The number of anilines is 1. The molecule has 0 unspecified atom stereocenters. The van der Waals surface area contributed by atoms with Gasteiger partial charge in [-0.25, -0.2) is 4.39 Å². The molecular formula is C14H10FN3O4S. The first kappa shape index (κ1) is 16.3. The third kappa shape index (κ3) is 4.71. The molecule has 0 saturated heterocycles. The highest BCUT2D eigenvalue weighted by molar-refractivity contribution is 7.80. The number of nitro groups is 1. The van der Waals surface area contributed by atoms with E-state index in [0.29, 0.717) is 5.76 Å². The van der Waals surface area contributed by atoms with Crippen LogP contribution in [0.1, 0.15) is 5.76 Å². The summed E-state index contributed by atoms with van der Waals surface area (Å²) in [6.45, 7) is 0. The zero-order valence-corrected chi connectivity index (χ0v) is 12.3. The standard InChI is InChI=1S/C14H10FN3O4S/c15-11-5-3-9(18(20)21)8-12(11)16-14(23)17-13(19)6-4-10-2-1-7-22-10/h1-8H,(H2,16,17,19,23)/b6-4+. The molecule has 23 heavy (non-hydrogen) atoms.